The van der Waals surface area contributed by atoms with Gasteiger partial charge in [0.05, 0.1) is 0 Å². The van der Waals surface area contributed by atoms with Crippen LogP contribution in [0.15, 0.2) is 98.4 Å². The molecule has 4 nitrogen and oxygen atoms in total. The van der Waals surface area contributed by atoms with Crippen molar-refractivity contribution < 1.29 is 18.1 Å². The quantitative estimate of drug-likeness (QED) is 0.111. The lowest BCUT2D eigenvalue weighted by molar-refractivity contribution is 0.299. The molecule has 8 rings (SSSR count). The topological polar surface area (TPSA) is 74.6 Å². The van der Waals surface area contributed by atoms with Gasteiger partial charge in [0.15, 0.2) is 0 Å². The van der Waals surface area contributed by atoms with Crippen LogP contribution in [-0.2, 0) is 16.5 Å². The molecule has 1 aliphatic heterocycles. The molecular formula is C44H52O4S2. The van der Waals surface area contributed by atoms with Crippen molar-refractivity contribution in [3.8, 4) is 11.1 Å². The molecule has 0 spiro atoms. The SMILES string of the molecule is O=S(=O)(O)c1c(C2CCCCC2)cc(C2CCCCC2)cc1C1CCC(c2cccc3c2-c2ccccc2[SH]3c2ccc(CCO)cc2)CC1. The molecule has 3 fully saturated rings. The van der Waals surface area contributed by atoms with Crippen LogP contribution in [0.25, 0.3) is 11.1 Å². The van der Waals surface area contributed by atoms with Gasteiger partial charge >= 0.3 is 0 Å². The molecule has 0 radical (unpaired) electrons. The van der Waals surface area contributed by atoms with Gasteiger partial charge in [0.2, 0.25) is 0 Å². The summed E-state index contributed by atoms with van der Waals surface area (Å²) in [5.74, 6) is 1.24. The fraction of sp³-hybridized carbons (Fsp3) is 0.455. The van der Waals surface area contributed by atoms with Crippen molar-refractivity contribution in [2.45, 2.75) is 140 Å². The number of aliphatic hydroxyl groups is 1. The first-order valence-electron chi connectivity index (χ1n) is 19.3. The van der Waals surface area contributed by atoms with Crippen LogP contribution in [0.4, 0.5) is 0 Å². The molecule has 1 unspecified atom stereocenters. The van der Waals surface area contributed by atoms with Crippen LogP contribution in [0.5, 0.6) is 0 Å². The normalized spacial score (nSPS) is 23.8. The maximum Gasteiger partial charge on any atom is 0.295 e. The minimum atomic E-state index is -4.37. The van der Waals surface area contributed by atoms with Crippen molar-refractivity contribution in [3.05, 3.63) is 107 Å². The zero-order chi connectivity index (χ0) is 34.2. The van der Waals surface area contributed by atoms with E-state index in [1.807, 2.05) is 0 Å². The first kappa shape index (κ1) is 34.2. The van der Waals surface area contributed by atoms with Crippen molar-refractivity contribution in [1.82, 2.24) is 0 Å². The summed E-state index contributed by atoms with van der Waals surface area (Å²) in [7, 11) is -5.04. The third-order valence-corrected chi connectivity index (χ3v) is 16.0. The highest BCUT2D eigenvalue weighted by Crippen LogP contribution is 2.64. The van der Waals surface area contributed by atoms with Crippen LogP contribution in [0.2, 0.25) is 0 Å². The third-order valence-electron chi connectivity index (χ3n) is 12.5. The van der Waals surface area contributed by atoms with Gasteiger partial charge in [0, 0.05) is 16.4 Å². The van der Waals surface area contributed by atoms with E-state index in [4.69, 9.17) is 0 Å². The highest BCUT2D eigenvalue weighted by Gasteiger charge is 2.36. The Morgan fingerprint density at radius 3 is 1.78 bits per heavy atom. The monoisotopic (exact) mass is 708 g/mol. The molecule has 264 valence electrons. The summed E-state index contributed by atoms with van der Waals surface area (Å²) in [6.07, 6.45) is 16.2. The molecule has 0 aromatic heterocycles. The van der Waals surface area contributed by atoms with Crippen LogP contribution in [0.1, 0.15) is 141 Å². The van der Waals surface area contributed by atoms with E-state index in [1.165, 1.54) is 75.5 Å². The lowest BCUT2D eigenvalue weighted by Crippen LogP contribution is -2.20. The van der Waals surface area contributed by atoms with Crippen LogP contribution in [0.3, 0.4) is 0 Å². The Morgan fingerprint density at radius 2 is 1.16 bits per heavy atom. The van der Waals surface area contributed by atoms with Crippen LogP contribution in [0, 0.1) is 0 Å². The zero-order valence-electron chi connectivity index (χ0n) is 29.2. The Hall–Kier alpha value is -2.90. The summed E-state index contributed by atoms with van der Waals surface area (Å²) in [6, 6.07) is 29.2. The first-order valence-corrected chi connectivity index (χ1v) is 22.1. The predicted octanol–water partition coefficient (Wildman–Crippen LogP) is 11.5. The largest absolute Gasteiger partial charge is 0.396 e. The molecule has 2 N–H and O–H groups in total. The second-order valence-electron chi connectivity index (χ2n) is 15.5. The van der Waals surface area contributed by atoms with E-state index in [0.29, 0.717) is 18.3 Å². The predicted molar refractivity (Wildman–Crippen MR) is 205 cm³/mol. The highest BCUT2D eigenvalue weighted by molar-refractivity contribution is 8.17. The Balaban J connectivity index is 1.13. The molecule has 1 heterocycles. The molecule has 6 heteroatoms. The van der Waals surface area contributed by atoms with Gasteiger partial charge in [-0.25, -0.2) is 0 Å². The Kier molecular flexibility index (Phi) is 10.00. The number of hydrogen-bond acceptors (Lipinski definition) is 3. The van der Waals surface area contributed by atoms with Crippen LogP contribution in [-0.4, -0.2) is 24.7 Å². The van der Waals surface area contributed by atoms with Crippen LogP contribution >= 0.6 is 10.9 Å². The Bertz CT molecular complexity index is 1930. The standard InChI is InChI=1S/C44H52O4S2/c45-27-26-30-18-24-36(25-19-30)49-41-16-8-7-14-38(41)43-37(15-9-17-42(43)49)33-20-22-34(23-21-33)40-29-35(31-10-3-1-4-11-31)28-39(44(40)50(46,47)48)32-12-5-2-6-13-32/h7-9,14-19,24-25,28-29,31-34,45,49H,1-6,10-13,20-23,26-27H2,(H,46,47,48). The van der Waals surface area contributed by atoms with E-state index in [2.05, 4.69) is 78.9 Å². The number of hydrogen-bond donors (Lipinski definition) is 3. The molecule has 4 aromatic rings. The molecule has 0 amide bonds. The maximum atomic E-state index is 13.3. The second-order valence-corrected chi connectivity index (χ2v) is 19.0. The van der Waals surface area contributed by atoms with Gasteiger partial charge in [-0.15, -0.1) is 0 Å². The van der Waals surface area contributed by atoms with Crippen molar-refractivity contribution in [2.75, 3.05) is 6.61 Å². The Labute approximate surface area is 301 Å². The van der Waals surface area contributed by atoms with Crippen molar-refractivity contribution >= 4 is 21.0 Å². The van der Waals surface area contributed by atoms with Crippen LogP contribution < -0.4 is 0 Å². The number of fused-ring (bicyclic) bond motifs is 3. The first-order chi connectivity index (χ1) is 24.4. The lowest BCUT2D eigenvalue weighted by Gasteiger charge is -2.34. The van der Waals surface area contributed by atoms with Gasteiger partial charge in [-0.1, -0.05) is 93.1 Å². The lowest BCUT2D eigenvalue weighted by atomic mass is 9.72. The number of thiol groups is 1. The average Bonchev–Trinajstić information content (AvgIpc) is 3.50. The van der Waals surface area contributed by atoms with Gasteiger partial charge in [-0.3, -0.25) is 4.55 Å². The smallest absolute Gasteiger partial charge is 0.295 e. The van der Waals surface area contributed by atoms with E-state index < -0.39 is 21.0 Å². The van der Waals surface area contributed by atoms with Crippen molar-refractivity contribution in [1.29, 1.82) is 0 Å². The fourth-order valence-corrected chi connectivity index (χ4v) is 13.7. The number of aliphatic hydroxyl groups excluding tert-OH is 1. The van der Waals surface area contributed by atoms with E-state index in [0.717, 1.165) is 68.1 Å². The maximum absolute atomic E-state index is 13.3. The molecular weight excluding hydrogens is 657 g/mol. The van der Waals surface area contributed by atoms with E-state index in [1.54, 1.807) is 0 Å². The average molecular weight is 709 g/mol. The van der Waals surface area contributed by atoms with E-state index >= 15 is 0 Å². The van der Waals surface area contributed by atoms with Gasteiger partial charge < -0.3 is 5.11 Å². The second kappa shape index (κ2) is 14.6. The van der Waals surface area contributed by atoms with Crippen molar-refractivity contribution in [2.24, 2.45) is 0 Å². The molecule has 4 aliphatic rings. The summed E-state index contributed by atoms with van der Waals surface area (Å²) in [4.78, 5) is 4.46. The number of rotatable bonds is 8. The van der Waals surface area contributed by atoms with Gasteiger partial charge in [-0.2, -0.15) is 19.3 Å². The minimum Gasteiger partial charge on any atom is -0.396 e. The summed E-state index contributed by atoms with van der Waals surface area (Å²) < 4.78 is 37.5. The molecule has 3 aliphatic carbocycles. The van der Waals surface area contributed by atoms with Gasteiger partial charge in [0.25, 0.3) is 10.1 Å². The summed E-state index contributed by atoms with van der Waals surface area (Å²) in [5.41, 5.74) is 8.52. The summed E-state index contributed by atoms with van der Waals surface area (Å²) in [6.45, 7) is 0.163. The molecule has 4 aromatic carbocycles. The Morgan fingerprint density at radius 1 is 0.600 bits per heavy atom. The molecule has 0 bridgehead atoms. The zero-order valence-corrected chi connectivity index (χ0v) is 30.9. The molecule has 0 saturated heterocycles. The third kappa shape index (κ3) is 6.62. The fourth-order valence-electron chi connectivity index (χ4n) is 10.0. The molecule has 50 heavy (non-hydrogen) atoms. The molecule has 1 atom stereocenters. The highest BCUT2D eigenvalue weighted by atomic mass is 32.2. The summed E-state index contributed by atoms with van der Waals surface area (Å²) in [5, 5.41) is 9.44. The summed E-state index contributed by atoms with van der Waals surface area (Å²) >= 11 is 0. The van der Waals surface area contributed by atoms with E-state index in [-0.39, 0.29) is 23.3 Å². The van der Waals surface area contributed by atoms with E-state index in [9.17, 15) is 18.1 Å². The minimum absolute atomic E-state index is 0.132. The van der Waals surface area contributed by atoms with Crippen molar-refractivity contribution in [3.63, 3.8) is 0 Å². The van der Waals surface area contributed by atoms with Gasteiger partial charge in [0.1, 0.15) is 4.90 Å². The van der Waals surface area contributed by atoms with Gasteiger partial charge in [-0.05, 0) is 150 Å². The molecule has 3 saturated carbocycles. The number of benzene rings is 4.